The van der Waals surface area contributed by atoms with E-state index in [1.165, 1.54) is 22.0 Å². The predicted molar refractivity (Wildman–Crippen MR) is 81.0 cm³/mol. The van der Waals surface area contributed by atoms with Crippen LogP contribution in [-0.4, -0.2) is 31.1 Å². The molecule has 1 aliphatic heterocycles. The van der Waals surface area contributed by atoms with Crippen LogP contribution in [-0.2, 0) is 6.54 Å². The first-order valence-corrected chi connectivity index (χ1v) is 7.71. The van der Waals surface area contributed by atoms with Gasteiger partial charge in [-0.15, -0.1) is 0 Å². The standard InChI is InChI=1S/C15H23BrN2/c1-3-12(2)14-5-4-13(10-15(14)16)11-18-8-6-17-7-9-18/h4-5,10,12,17H,3,6-9,11H2,1-2H3. The molecule has 0 aliphatic carbocycles. The summed E-state index contributed by atoms with van der Waals surface area (Å²) in [6.45, 7) is 10.1. The van der Waals surface area contributed by atoms with Crippen LogP contribution in [0.4, 0.5) is 0 Å². The molecule has 1 fully saturated rings. The average molecular weight is 311 g/mol. The van der Waals surface area contributed by atoms with Crippen LogP contribution in [0.2, 0.25) is 0 Å². The zero-order valence-electron chi connectivity index (χ0n) is 11.4. The minimum Gasteiger partial charge on any atom is -0.314 e. The van der Waals surface area contributed by atoms with Gasteiger partial charge in [-0.1, -0.05) is 41.9 Å². The third-order valence-corrected chi connectivity index (χ3v) is 4.51. The van der Waals surface area contributed by atoms with E-state index in [-0.39, 0.29) is 0 Å². The highest BCUT2D eigenvalue weighted by molar-refractivity contribution is 9.10. The molecule has 1 N–H and O–H groups in total. The SMILES string of the molecule is CCC(C)c1ccc(CN2CCNCC2)cc1Br. The van der Waals surface area contributed by atoms with Crippen LogP contribution in [0.25, 0.3) is 0 Å². The second-order valence-corrected chi connectivity index (χ2v) is 6.05. The maximum absolute atomic E-state index is 3.72. The Balaban J connectivity index is 2.03. The Morgan fingerprint density at radius 1 is 1.33 bits per heavy atom. The molecule has 0 bridgehead atoms. The van der Waals surface area contributed by atoms with Crippen LogP contribution in [0, 0.1) is 0 Å². The van der Waals surface area contributed by atoms with E-state index in [9.17, 15) is 0 Å². The number of hydrogen-bond acceptors (Lipinski definition) is 2. The molecule has 1 aromatic carbocycles. The maximum Gasteiger partial charge on any atom is 0.0235 e. The minimum atomic E-state index is 0.632. The number of rotatable bonds is 4. The molecule has 1 unspecified atom stereocenters. The van der Waals surface area contributed by atoms with Gasteiger partial charge >= 0.3 is 0 Å². The average Bonchev–Trinajstić information content (AvgIpc) is 2.39. The molecular formula is C15H23BrN2. The van der Waals surface area contributed by atoms with Crippen LogP contribution in [0.1, 0.15) is 37.3 Å². The van der Waals surface area contributed by atoms with Crippen LogP contribution < -0.4 is 5.32 Å². The molecule has 0 aromatic heterocycles. The summed E-state index contributed by atoms with van der Waals surface area (Å²) in [5.41, 5.74) is 2.84. The maximum atomic E-state index is 3.72. The molecular weight excluding hydrogens is 288 g/mol. The Morgan fingerprint density at radius 3 is 2.67 bits per heavy atom. The van der Waals surface area contributed by atoms with Crippen molar-refractivity contribution in [3.8, 4) is 0 Å². The Bertz CT molecular complexity index is 386. The van der Waals surface area contributed by atoms with Crippen molar-refractivity contribution in [3.05, 3.63) is 33.8 Å². The lowest BCUT2D eigenvalue weighted by Gasteiger charge is -2.27. The fourth-order valence-electron chi connectivity index (χ4n) is 2.42. The minimum absolute atomic E-state index is 0.632. The molecule has 0 radical (unpaired) electrons. The van der Waals surface area contributed by atoms with E-state index in [1.54, 1.807) is 0 Å². The Hall–Kier alpha value is -0.380. The first-order valence-electron chi connectivity index (χ1n) is 6.92. The van der Waals surface area contributed by atoms with Crippen LogP contribution >= 0.6 is 15.9 Å². The second-order valence-electron chi connectivity index (χ2n) is 5.19. The van der Waals surface area contributed by atoms with Crippen molar-refractivity contribution >= 4 is 15.9 Å². The molecule has 1 atom stereocenters. The van der Waals surface area contributed by atoms with Crippen LogP contribution in [0.15, 0.2) is 22.7 Å². The van der Waals surface area contributed by atoms with Gasteiger partial charge in [0, 0.05) is 37.2 Å². The lowest BCUT2D eigenvalue weighted by molar-refractivity contribution is 0.233. The number of nitrogens with one attached hydrogen (secondary N) is 1. The van der Waals surface area contributed by atoms with Gasteiger partial charge in [0.2, 0.25) is 0 Å². The van der Waals surface area contributed by atoms with Crippen molar-refractivity contribution in [2.75, 3.05) is 26.2 Å². The summed E-state index contributed by atoms with van der Waals surface area (Å²) in [4.78, 5) is 2.52. The van der Waals surface area contributed by atoms with Crippen molar-refractivity contribution in [1.82, 2.24) is 10.2 Å². The summed E-state index contributed by atoms with van der Waals surface area (Å²) in [5, 5.41) is 3.39. The second kappa shape index (κ2) is 6.69. The monoisotopic (exact) mass is 310 g/mol. The third kappa shape index (κ3) is 3.56. The molecule has 0 saturated carbocycles. The van der Waals surface area contributed by atoms with Crippen LogP contribution in [0.5, 0.6) is 0 Å². The third-order valence-electron chi connectivity index (χ3n) is 3.82. The summed E-state index contributed by atoms with van der Waals surface area (Å²) in [7, 11) is 0. The molecule has 0 amide bonds. The highest BCUT2D eigenvalue weighted by Crippen LogP contribution is 2.28. The van der Waals surface area contributed by atoms with E-state index >= 15 is 0 Å². The first-order chi connectivity index (χ1) is 8.70. The summed E-state index contributed by atoms with van der Waals surface area (Å²) in [6, 6.07) is 6.87. The van der Waals surface area contributed by atoms with E-state index in [0.717, 1.165) is 32.7 Å². The lowest BCUT2D eigenvalue weighted by atomic mass is 9.97. The van der Waals surface area contributed by atoms with Gasteiger partial charge in [0.15, 0.2) is 0 Å². The molecule has 1 saturated heterocycles. The first kappa shape index (κ1) is 14.0. The van der Waals surface area contributed by atoms with Crippen molar-refractivity contribution in [2.24, 2.45) is 0 Å². The molecule has 18 heavy (non-hydrogen) atoms. The lowest BCUT2D eigenvalue weighted by Crippen LogP contribution is -2.42. The van der Waals surface area contributed by atoms with Crippen molar-refractivity contribution in [2.45, 2.75) is 32.7 Å². The van der Waals surface area contributed by atoms with E-state index < -0.39 is 0 Å². The van der Waals surface area contributed by atoms with E-state index in [4.69, 9.17) is 0 Å². The molecule has 0 spiro atoms. The molecule has 1 heterocycles. The summed E-state index contributed by atoms with van der Waals surface area (Å²) >= 11 is 3.72. The molecule has 1 aromatic rings. The smallest absolute Gasteiger partial charge is 0.0235 e. The molecule has 2 nitrogen and oxygen atoms in total. The van der Waals surface area contributed by atoms with Gasteiger partial charge in [-0.05, 0) is 29.5 Å². The topological polar surface area (TPSA) is 15.3 Å². The number of halogens is 1. The summed E-state index contributed by atoms with van der Waals surface area (Å²) < 4.78 is 1.27. The van der Waals surface area contributed by atoms with Crippen LogP contribution in [0.3, 0.4) is 0 Å². The predicted octanol–water partition coefficient (Wildman–Crippen LogP) is 3.37. The van der Waals surface area contributed by atoms with Gasteiger partial charge in [0.25, 0.3) is 0 Å². The van der Waals surface area contributed by atoms with Gasteiger partial charge in [-0.2, -0.15) is 0 Å². The molecule has 3 heteroatoms. The quantitative estimate of drug-likeness (QED) is 0.917. The fraction of sp³-hybridized carbons (Fsp3) is 0.600. The summed E-state index contributed by atoms with van der Waals surface area (Å²) in [6.07, 6.45) is 1.19. The highest BCUT2D eigenvalue weighted by Gasteiger charge is 2.12. The van der Waals surface area contributed by atoms with E-state index in [1.807, 2.05) is 0 Å². The Morgan fingerprint density at radius 2 is 2.06 bits per heavy atom. The van der Waals surface area contributed by atoms with Crippen molar-refractivity contribution in [1.29, 1.82) is 0 Å². The zero-order valence-corrected chi connectivity index (χ0v) is 13.0. The number of piperazine rings is 1. The largest absolute Gasteiger partial charge is 0.314 e. The van der Waals surface area contributed by atoms with Gasteiger partial charge in [-0.3, -0.25) is 4.90 Å². The highest BCUT2D eigenvalue weighted by atomic mass is 79.9. The van der Waals surface area contributed by atoms with Gasteiger partial charge in [0.05, 0.1) is 0 Å². The number of benzene rings is 1. The van der Waals surface area contributed by atoms with Crippen molar-refractivity contribution in [3.63, 3.8) is 0 Å². The molecule has 2 rings (SSSR count). The number of nitrogens with zero attached hydrogens (tertiary/aromatic N) is 1. The van der Waals surface area contributed by atoms with E-state index in [0.29, 0.717) is 5.92 Å². The molecule has 1 aliphatic rings. The Labute approximate surface area is 119 Å². The van der Waals surface area contributed by atoms with Gasteiger partial charge in [-0.25, -0.2) is 0 Å². The normalized spacial score (nSPS) is 18.8. The number of hydrogen-bond donors (Lipinski definition) is 1. The van der Waals surface area contributed by atoms with E-state index in [2.05, 4.69) is 58.2 Å². The summed E-state index contributed by atoms with van der Waals surface area (Å²) in [5.74, 6) is 0.632. The molecule has 100 valence electrons. The fourth-order valence-corrected chi connectivity index (χ4v) is 3.23. The van der Waals surface area contributed by atoms with Gasteiger partial charge < -0.3 is 5.32 Å². The van der Waals surface area contributed by atoms with Gasteiger partial charge in [0.1, 0.15) is 0 Å². The van der Waals surface area contributed by atoms with Crippen molar-refractivity contribution < 1.29 is 0 Å². The Kier molecular flexibility index (Phi) is 5.22. The zero-order chi connectivity index (χ0) is 13.0.